The molecule has 0 saturated heterocycles. The zero-order valence-electron chi connectivity index (χ0n) is 18.4. The molecule has 1 aromatic carbocycles. The molecule has 0 saturated carbocycles. The Morgan fingerprint density at radius 3 is 2.39 bits per heavy atom. The Morgan fingerprint density at radius 1 is 1.03 bits per heavy atom. The van der Waals surface area contributed by atoms with E-state index >= 15 is 0 Å². The molecule has 2 aromatic heterocycles. The molecule has 0 aliphatic rings. The van der Waals surface area contributed by atoms with E-state index in [0.29, 0.717) is 10.3 Å². The summed E-state index contributed by atoms with van der Waals surface area (Å²) < 4.78 is 13.2. The highest BCUT2D eigenvalue weighted by atomic mass is 16.5. The third-order valence-corrected chi connectivity index (χ3v) is 4.81. The van der Waals surface area contributed by atoms with E-state index in [4.69, 9.17) is 9.47 Å². The summed E-state index contributed by atoms with van der Waals surface area (Å²) in [5.74, 6) is -2.27. The summed E-state index contributed by atoms with van der Waals surface area (Å²) in [4.78, 5) is 67.3. The van der Waals surface area contributed by atoms with E-state index in [-0.39, 0.29) is 24.3 Å². The van der Waals surface area contributed by atoms with E-state index in [1.165, 1.54) is 17.9 Å². The number of para-hydroxylation sites is 1. The molecule has 0 aliphatic carbocycles. The van der Waals surface area contributed by atoms with Gasteiger partial charge in [-0.3, -0.25) is 28.6 Å². The Labute approximate surface area is 187 Å². The molecule has 0 fully saturated rings. The topological polar surface area (TPSA) is 135 Å². The minimum Gasteiger partial charge on any atom is -0.465 e. The summed E-state index contributed by atoms with van der Waals surface area (Å²) in [6.07, 6.45) is 1.38. The highest BCUT2D eigenvalue weighted by Crippen LogP contribution is 2.14. The van der Waals surface area contributed by atoms with Crippen molar-refractivity contribution in [1.82, 2.24) is 18.7 Å². The molecule has 3 rings (SSSR count). The Bertz CT molecular complexity index is 1310. The number of ether oxygens (including phenoxy) is 2. The number of hydrogen-bond acceptors (Lipinski definition) is 8. The van der Waals surface area contributed by atoms with Gasteiger partial charge in [0.15, 0.2) is 17.8 Å². The van der Waals surface area contributed by atoms with Crippen molar-refractivity contribution in [2.45, 2.75) is 13.5 Å². The van der Waals surface area contributed by atoms with E-state index in [0.717, 1.165) is 9.47 Å². The molecule has 33 heavy (non-hydrogen) atoms. The lowest BCUT2D eigenvalue weighted by Crippen LogP contribution is -2.42. The Kier molecular flexibility index (Phi) is 7.06. The van der Waals surface area contributed by atoms with Crippen LogP contribution in [-0.2, 0) is 44.5 Å². The Hall–Kier alpha value is -4.22. The summed E-state index contributed by atoms with van der Waals surface area (Å²) >= 11 is 0. The predicted octanol–water partition coefficient (Wildman–Crippen LogP) is -0.427. The van der Waals surface area contributed by atoms with Crippen LogP contribution in [0.3, 0.4) is 0 Å². The molecule has 0 unspecified atom stereocenters. The van der Waals surface area contributed by atoms with Gasteiger partial charge in [0.1, 0.15) is 13.1 Å². The maximum atomic E-state index is 12.7. The number of esters is 2. The van der Waals surface area contributed by atoms with Gasteiger partial charge in [0.25, 0.3) is 11.5 Å². The first-order chi connectivity index (χ1) is 15.7. The molecule has 0 bridgehead atoms. The Balaban J connectivity index is 1.75. The van der Waals surface area contributed by atoms with Crippen LogP contribution < -0.4 is 16.1 Å². The number of aromatic nitrogens is 4. The van der Waals surface area contributed by atoms with Crippen molar-refractivity contribution in [3.05, 3.63) is 57.5 Å². The lowest BCUT2D eigenvalue weighted by molar-refractivity contribution is -0.149. The minimum atomic E-state index is -0.965. The number of carbonyl (C=O) groups is 3. The fraction of sp³-hybridized carbons (Fsp3) is 0.333. The lowest BCUT2D eigenvalue weighted by Gasteiger charge is -2.21. The van der Waals surface area contributed by atoms with Crippen molar-refractivity contribution in [2.24, 2.45) is 14.1 Å². The standard InChI is InChI=1S/C21H23N5O7/c1-4-32-16(28)10-25(14-8-6-5-7-9-14)15(27)12-33-17(29)11-26-20(30)18-19(22-13-23(18)2)24(3)21(26)31/h5-9,13H,4,10-12H2,1-3H3. The summed E-state index contributed by atoms with van der Waals surface area (Å²) in [5.41, 5.74) is -0.707. The largest absolute Gasteiger partial charge is 0.465 e. The normalized spacial score (nSPS) is 10.8. The van der Waals surface area contributed by atoms with Crippen LogP contribution in [0.4, 0.5) is 5.69 Å². The zero-order valence-corrected chi connectivity index (χ0v) is 18.4. The second-order valence-corrected chi connectivity index (χ2v) is 7.04. The third-order valence-electron chi connectivity index (χ3n) is 4.81. The van der Waals surface area contributed by atoms with Gasteiger partial charge in [-0.1, -0.05) is 18.2 Å². The molecular weight excluding hydrogens is 434 g/mol. The third kappa shape index (κ3) is 5.00. The molecule has 1 amide bonds. The van der Waals surface area contributed by atoms with Gasteiger partial charge in [0.05, 0.1) is 12.9 Å². The molecule has 0 radical (unpaired) electrons. The Morgan fingerprint density at radius 2 is 1.73 bits per heavy atom. The highest BCUT2D eigenvalue weighted by molar-refractivity contribution is 5.99. The predicted molar refractivity (Wildman–Crippen MR) is 117 cm³/mol. The summed E-state index contributed by atoms with van der Waals surface area (Å²) in [6, 6.07) is 8.34. The van der Waals surface area contributed by atoms with E-state index < -0.39 is 42.2 Å². The minimum absolute atomic E-state index is 0.144. The lowest BCUT2D eigenvalue weighted by atomic mass is 10.3. The maximum absolute atomic E-state index is 12.7. The van der Waals surface area contributed by atoms with E-state index in [9.17, 15) is 24.0 Å². The second-order valence-electron chi connectivity index (χ2n) is 7.04. The van der Waals surface area contributed by atoms with Crippen molar-refractivity contribution >= 4 is 34.7 Å². The molecule has 2 heterocycles. The van der Waals surface area contributed by atoms with Crippen LogP contribution in [0.2, 0.25) is 0 Å². The number of carbonyl (C=O) groups excluding carboxylic acids is 3. The van der Waals surface area contributed by atoms with Crippen molar-refractivity contribution in [1.29, 1.82) is 0 Å². The van der Waals surface area contributed by atoms with Crippen LogP contribution >= 0.6 is 0 Å². The van der Waals surface area contributed by atoms with Gasteiger partial charge in [-0.25, -0.2) is 14.3 Å². The van der Waals surface area contributed by atoms with Crippen LogP contribution in [0.15, 0.2) is 46.2 Å². The number of aryl methyl sites for hydroxylation is 2. The van der Waals surface area contributed by atoms with E-state index in [2.05, 4.69) is 4.98 Å². The molecule has 0 aliphatic heterocycles. The van der Waals surface area contributed by atoms with Gasteiger partial charge < -0.3 is 14.0 Å². The van der Waals surface area contributed by atoms with E-state index in [1.54, 1.807) is 44.3 Å². The summed E-state index contributed by atoms with van der Waals surface area (Å²) in [5, 5.41) is 0. The fourth-order valence-electron chi connectivity index (χ4n) is 3.20. The number of benzene rings is 1. The first-order valence-corrected chi connectivity index (χ1v) is 10.0. The summed E-state index contributed by atoms with van der Waals surface area (Å²) in [6.45, 7) is 0.0312. The van der Waals surface area contributed by atoms with Gasteiger partial charge >= 0.3 is 17.6 Å². The molecule has 12 nitrogen and oxygen atoms in total. The quantitative estimate of drug-likeness (QED) is 0.416. The van der Waals surface area contributed by atoms with Crippen LogP contribution in [0.1, 0.15) is 6.92 Å². The number of fused-ring (bicyclic) bond motifs is 1. The van der Waals surface area contributed by atoms with Crippen LogP contribution in [0.5, 0.6) is 0 Å². The molecule has 12 heteroatoms. The second kappa shape index (κ2) is 9.94. The number of amides is 1. The highest BCUT2D eigenvalue weighted by Gasteiger charge is 2.22. The van der Waals surface area contributed by atoms with E-state index in [1.807, 2.05) is 0 Å². The summed E-state index contributed by atoms with van der Waals surface area (Å²) in [7, 11) is 3.01. The van der Waals surface area contributed by atoms with Gasteiger partial charge in [-0.2, -0.15) is 0 Å². The van der Waals surface area contributed by atoms with Crippen molar-refractivity contribution in [2.75, 3.05) is 24.7 Å². The maximum Gasteiger partial charge on any atom is 0.333 e. The van der Waals surface area contributed by atoms with Gasteiger partial charge in [0, 0.05) is 19.8 Å². The average Bonchev–Trinajstić information content (AvgIpc) is 3.19. The molecule has 0 N–H and O–H groups in total. The number of imidazole rings is 1. The number of anilines is 1. The molecule has 174 valence electrons. The van der Waals surface area contributed by atoms with Crippen molar-refractivity contribution in [3.63, 3.8) is 0 Å². The molecule has 0 spiro atoms. The van der Waals surface area contributed by atoms with Crippen molar-refractivity contribution in [3.8, 4) is 0 Å². The van der Waals surface area contributed by atoms with Crippen LogP contribution in [-0.4, -0.2) is 56.3 Å². The molecular formula is C21H23N5O7. The number of nitrogens with zero attached hydrogens (tertiary/aromatic N) is 5. The van der Waals surface area contributed by atoms with Gasteiger partial charge in [0.2, 0.25) is 0 Å². The van der Waals surface area contributed by atoms with Crippen molar-refractivity contribution < 1.29 is 23.9 Å². The molecule has 3 aromatic rings. The van der Waals surface area contributed by atoms with Crippen LogP contribution in [0.25, 0.3) is 11.2 Å². The fourth-order valence-corrected chi connectivity index (χ4v) is 3.20. The van der Waals surface area contributed by atoms with Crippen LogP contribution in [0, 0.1) is 0 Å². The van der Waals surface area contributed by atoms with Gasteiger partial charge in [-0.05, 0) is 19.1 Å². The smallest absolute Gasteiger partial charge is 0.333 e. The first-order valence-electron chi connectivity index (χ1n) is 10.0. The number of rotatable bonds is 8. The first kappa shape index (κ1) is 23.4. The SMILES string of the molecule is CCOC(=O)CN(C(=O)COC(=O)Cn1c(=O)c2c(ncn2C)n(C)c1=O)c1ccccc1. The van der Waals surface area contributed by atoms with Gasteiger partial charge in [-0.15, -0.1) is 0 Å². The zero-order chi connectivity index (χ0) is 24.1. The molecule has 0 atom stereocenters. The average molecular weight is 457 g/mol. The number of hydrogen-bond donors (Lipinski definition) is 0. The monoisotopic (exact) mass is 457 g/mol.